The van der Waals surface area contributed by atoms with Gasteiger partial charge in [0.15, 0.2) is 0 Å². The van der Waals surface area contributed by atoms with E-state index in [9.17, 15) is 0 Å². The minimum atomic E-state index is 0.234. The zero-order valence-corrected chi connectivity index (χ0v) is 12.0. The molecule has 0 fully saturated rings. The molecule has 4 nitrogen and oxygen atoms in total. The van der Waals surface area contributed by atoms with Crippen LogP contribution in [0.1, 0.15) is 32.5 Å². The summed E-state index contributed by atoms with van der Waals surface area (Å²) in [6.07, 6.45) is 2.73. The predicted molar refractivity (Wildman–Crippen MR) is 73.1 cm³/mol. The number of aliphatic hydroxyl groups excluding tert-OH is 1. The first kappa shape index (κ1) is 14.4. The number of rotatable bonds is 7. The summed E-state index contributed by atoms with van der Waals surface area (Å²) in [5.74, 6) is 2.14. The number of nitrogens with one attached hydrogen (secondary N) is 1. The Morgan fingerprint density at radius 1 is 1.47 bits per heavy atom. The molecule has 0 aliphatic heterocycles. The summed E-state index contributed by atoms with van der Waals surface area (Å²) >= 11 is 3.39. The highest BCUT2D eigenvalue weighted by molar-refractivity contribution is 9.10. The molecule has 0 aliphatic rings. The van der Waals surface area contributed by atoms with Crippen molar-refractivity contribution in [2.75, 3.05) is 18.5 Å². The lowest BCUT2D eigenvalue weighted by Gasteiger charge is -2.12. The zero-order chi connectivity index (χ0) is 12.7. The van der Waals surface area contributed by atoms with Gasteiger partial charge in [0, 0.05) is 25.6 Å². The molecule has 0 amide bonds. The Kier molecular flexibility index (Phi) is 6.44. The van der Waals surface area contributed by atoms with Crippen LogP contribution in [0.25, 0.3) is 0 Å². The van der Waals surface area contributed by atoms with Crippen molar-refractivity contribution in [2.45, 2.75) is 33.1 Å². The summed E-state index contributed by atoms with van der Waals surface area (Å²) in [6.45, 7) is 5.26. The number of hydrogen-bond acceptors (Lipinski definition) is 4. The normalized spacial score (nSPS) is 12.5. The van der Waals surface area contributed by atoms with Crippen molar-refractivity contribution in [3.8, 4) is 0 Å². The third-order valence-electron chi connectivity index (χ3n) is 2.47. The average Bonchev–Trinajstić information content (AvgIpc) is 2.26. The molecule has 0 aliphatic carbocycles. The fourth-order valence-electron chi connectivity index (χ4n) is 1.49. The summed E-state index contributed by atoms with van der Waals surface area (Å²) in [4.78, 5) is 8.75. The maximum atomic E-state index is 8.83. The van der Waals surface area contributed by atoms with E-state index in [-0.39, 0.29) is 6.61 Å². The van der Waals surface area contributed by atoms with E-state index in [1.165, 1.54) is 0 Å². The molecule has 1 rings (SSSR count). The summed E-state index contributed by atoms with van der Waals surface area (Å²) in [5, 5.41) is 12.1. The van der Waals surface area contributed by atoms with Gasteiger partial charge in [0.2, 0.25) is 0 Å². The van der Waals surface area contributed by atoms with Crippen LogP contribution in [0.15, 0.2) is 10.7 Å². The van der Waals surface area contributed by atoms with Crippen LogP contribution in [0.3, 0.4) is 0 Å². The number of nitrogens with zero attached hydrogens (tertiary/aromatic N) is 2. The van der Waals surface area contributed by atoms with Crippen LogP contribution >= 0.6 is 15.9 Å². The van der Waals surface area contributed by atoms with E-state index in [1.54, 1.807) is 0 Å². The predicted octanol–water partition coefficient (Wildman–Crippen LogP) is 2.62. The summed E-state index contributed by atoms with van der Waals surface area (Å²) < 4.78 is 0.813. The van der Waals surface area contributed by atoms with E-state index in [0.717, 1.165) is 42.1 Å². The van der Waals surface area contributed by atoms with Crippen LogP contribution in [0.5, 0.6) is 0 Å². The van der Waals surface area contributed by atoms with Crippen molar-refractivity contribution in [1.82, 2.24) is 9.97 Å². The van der Waals surface area contributed by atoms with E-state index >= 15 is 0 Å². The highest BCUT2D eigenvalue weighted by Crippen LogP contribution is 2.14. The van der Waals surface area contributed by atoms with Crippen molar-refractivity contribution in [1.29, 1.82) is 0 Å². The molecule has 1 atom stereocenters. The van der Waals surface area contributed by atoms with Crippen LogP contribution < -0.4 is 5.32 Å². The third-order valence-corrected chi connectivity index (χ3v) is 2.87. The molecule has 0 aromatic carbocycles. The van der Waals surface area contributed by atoms with Gasteiger partial charge in [0.1, 0.15) is 16.2 Å². The Bertz CT molecular complexity index is 347. The van der Waals surface area contributed by atoms with Gasteiger partial charge < -0.3 is 10.4 Å². The SMILES string of the molecule is CCCc1nc(Br)cc(NCC(C)CCO)n1. The molecule has 2 N–H and O–H groups in total. The van der Waals surface area contributed by atoms with Crippen LogP contribution in [0, 0.1) is 5.92 Å². The second-order valence-electron chi connectivity index (χ2n) is 4.24. The molecule has 0 spiro atoms. The van der Waals surface area contributed by atoms with Gasteiger partial charge in [0.05, 0.1) is 0 Å². The van der Waals surface area contributed by atoms with Crippen LogP contribution in [-0.2, 0) is 6.42 Å². The lowest BCUT2D eigenvalue weighted by molar-refractivity contribution is 0.266. The molecule has 0 saturated heterocycles. The molecule has 0 radical (unpaired) electrons. The number of aryl methyl sites for hydroxylation is 1. The number of anilines is 1. The highest BCUT2D eigenvalue weighted by atomic mass is 79.9. The molecular weight excluding hydrogens is 282 g/mol. The second-order valence-corrected chi connectivity index (χ2v) is 5.05. The maximum absolute atomic E-state index is 8.83. The Morgan fingerprint density at radius 3 is 2.88 bits per heavy atom. The van der Waals surface area contributed by atoms with Crippen molar-refractivity contribution < 1.29 is 5.11 Å². The van der Waals surface area contributed by atoms with E-state index in [2.05, 4.69) is 45.1 Å². The van der Waals surface area contributed by atoms with Gasteiger partial charge in [-0.05, 0) is 34.7 Å². The number of aliphatic hydroxyl groups is 1. The van der Waals surface area contributed by atoms with E-state index < -0.39 is 0 Å². The number of halogens is 1. The smallest absolute Gasteiger partial charge is 0.132 e. The Labute approximate surface area is 111 Å². The van der Waals surface area contributed by atoms with E-state index in [0.29, 0.717) is 5.92 Å². The van der Waals surface area contributed by atoms with Crippen molar-refractivity contribution in [2.24, 2.45) is 5.92 Å². The number of hydrogen-bond donors (Lipinski definition) is 2. The molecule has 0 saturated carbocycles. The largest absolute Gasteiger partial charge is 0.396 e. The van der Waals surface area contributed by atoms with Crippen LogP contribution in [-0.4, -0.2) is 28.2 Å². The van der Waals surface area contributed by atoms with Crippen molar-refractivity contribution in [3.63, 3.8) is 0 Å². The minimum absolute atomic E-state index is 0.234. The standard InChI is InChI=1S/C12H20BrN3O/c1-3-4-11-15-10(13)7-12(16-11)14-8-9(2)5-6-17/h7,9,17H,3-6,8H2,1-2H3,(H,14,15,16). The lowest BCUT2D eigenvalue weighted by atomic mass is 10.1. The highest BCUT2D eigenvalue weighted by Gasteiger charge is 2.05. The molecule has 1 aromatic rings. The Balaban J connectivity index is 2.57. The fraction of sp³-hybridized carbons (Fsp3) is 0.667. The fourth-order valence-corrected chi connectivity index (χ4v) is 1.91. The molecule has 17 heavy (non-hydrogen) atoms. The molecule has 1 heterocycles. The van der Waals surface area contributed by atoms with Crippen molar-refractivity contribution >= 4 is 21.7 Å². The van der Waals surface area contributed by atoms with Gasteiger partial charge in [-0.2, -0.15) is 0 Å². The van der Waals surface area contributed by atoms with Gasteiger partial charge >= 0.3 is 0 Å². The molecule has 5 heteroatoms. The quantitative estimate of drug-likeness (QED) is 0.760. The monoisotopic (exact) mass is 301 g/mol. The van der Waals surface area contributed by atoms with Gasteiger partial charge in [-0.1, -0.05) is 13.8 Å². The third kappa shape index (κ3) is 5.46. The van der Waals surface area contributed by atoms with Gasteiger partial charge in [-0.15, -0.1) is 0 Å². The first-order chi connectivity index (χ1) is 8.15. The van der Waals surface area contributed by atoms with Crippen LogP contribution in [0.4, 0.5) is 5.82 Å². The molecule has 0 bridgehead atoms. The summed E-state index contributed by atoms with van der Waals surface area (Å²) in [7, 11) is 0. The maximum Gasteiger partial charge on any atom is 0.132 e. The van der Waals surface area contributed by atoms with Gasteiger partial charge in [-0.25, -0.2) is 9.97 Å². The number of aromatic nitrogens is 2. The van der Waals surface area contributed by atoms with Crippen molar-refractivity contribution in [3.05, 3.63) is 16.5 Å². The first-order valence-electron chi connectivity index (χ1n) is 6.04. The lowest BCUT2D eigenvalue weighted by Crippen LogP contribution is -2.14. The minimum Gasteiger partial charge on any atom is -0.396 e. The average molecular weight is 302 g/mol. The summed E-state index contributed by atoms with van der Waals surface area (Å²) in [6, 6.07) is 1.88. The second kappa shape index (κ2) is 7.61. The van der Waals surface area contributed by atoms with E-state index in [1.807, 2.05) is 6.07 Å². The topological polar surface area (TPSA) is 58.0 Å². The molecule has 1 unspecified atom stereocenters. The molecule has 96 valence electrons. The molecular formula is C12H20BrN3O. The van der Waals surface area contributed by atoms with Gasteiger partial charge in [0.25, 0.3) is 0 Å². The summed E-state index contributed by atoms with van der Waals surface area (Å²) in [5.41, 5.74) is 0. The molecule has 1 aromatic heterocycles. The zero-order valence-electron chi connectivity index (χ0n) is 10.4. The van der Waals surface area contributed by atoms with E-state index in [4.69, 9.17) is 5.11 Å². The Hall–Kier alpha value is -0.680. The Morgan fingerprint density at radius 2 is 2.24 bits per heavy atom. The van der Waals surface area contributed by atoms with Gasteiger partial charge in [-0.3, -0.25) is 0 Å². The first-order valence-corrected chi connectivity index (χ1v) is 6.83. The van der Waals surface area contributed by atoms with Crippen LogP contribution in [0.2, 0.25) is 0 Å².